The van der Waals surface area contributed by atoms with E-state index in [0.717, 1.165) is 0 Å². The van der Waals surface area contributed by atoms with Crippen molar-refractivity contribution in [1.82, 2.24) is 5.32 Å². The quantitative estimate of drug-likeness (QED) is 0.702. The molecule has 1 aromatic carbocycles. The molecule has 0 unspecified atom stereocenters. The molecule has 0 aliphatic heterocycles. The first-order valence-corrected chi connectivity index (χ1v) is 4.66. The maximum Gasteiger partial charge on any atom is 0.0578 e. The zero-order chi connectivity index (χ0) is 9.10. The van der Waals surface area contributed by atoms with Gasteiger partial charge in [-0.2, -0.15) is 0 Å². The molecule has 14 heavy (non-hydrogen) atoms. The molecule has 0 saturated carbocycles. The van der Waals surface area contributed by atoms with Crippen LogP contribution in [0.3, 0.4) is 0 Å². The van der Waals surface area contributed by atoms with E-state index in [9.17, 15) is 0 Å². The summed E-state index contributed by atoms with van der Waals surface area (Å²) in [4.78, 5) is 0. The van der Waals surface area contributed by atoms with Crippen LogP contribution in [0, 0.1) is 12.3 Å². The molecule has 0 saturated heterocycles. The molecular weight excluding hydrogens is 170 g/mol. The van der Waals surface area contributed by atoms with Crippen molar-refractivity contribution < 1.29 is 0 Å². The zero-order valence-electron chi connectivity index (χ0n) is 7.59. The molecule has 0 bridgehead atoms. The van der Waals surface area contributed by atoms with Crippen LogP contribution in [0.1, 0.15) is 31.0 Å². The first-order chi connectivity index (χ1) is 6.42. The number of fused-ring (bicyclic) bond motifs is 1. The number of aryl methyl sites for hydroxylation is 1. The SMILES string of the molecule is C.C#CCN[C@@H]1CCc2ccccc21. The highest BCUT2D eigenvalue weighted by Crippen LogP contribution is 2.30. The van der Waals surface area contributed by atoms with Crippen molar-refractivity contribution in [1.29, 1.82) is 0 Å². The minimum atomic E-state index is 0. The molecular formula is C13H17N. The largest absolute Gasteiger partial charge is 0.299 e. The Bertz CT molecular complexity index is 335. The lowest BCUT2D eigenvalue weighted by Gasteiger charge is -2.10. The van der Waals surface area contributed by atoms with E-state index >= 15 is 0 Å². The first-order valence-electron chi connectivity index (χ1n) is 4.66. The molecule has 0 heterocycles. The highest BCUT2D eigenvalue weighted by Gasteiger charge is 2.20. The van der Waals surface area contributed by atoms with Gasteiger partial charge in [0.15, 0.2) is 0 Å². The Hall–Kier alpha value is -1.26. The van der Waals surface area contributed by atoms with Gasteiger partial charge >= 0.3 is 0 Å². The van der Waals surface area contributed by atoms with Crippen LogP contribution in [0.2, 0.25) is 0 Å². The van der Waals surface area contributed by atoms with Gasteiger partial charge in [0.25, 0.3) is 0 Å². The molecule has 2 rings (SSSR count). The number of terminal acetylenes is 1. The van der Waals surface area contributed by atoms with Gasteiger partial charge < -0.3 is 0 Å². The fourth-order valence-electron chi connectivity index (χ4n) is 1.95. The second-order valence-electron chi connectivity index (χ2n) is 3.38. The molecule has 1 nitrogen and oxygen atoms in total. The monoisotopic (exact) mass is 187 g/mol. The van der Waals surface area contributed by atoms with E-state index in [1.807, 2.05) is 0 Å². The summed E-state index contributed by atoms with van der Waals surface area (Å²) in [5.74, 6) is 2.61. The van der Waals surface area contributed by atoms with Crippen LogP contribution < -0.4 is 5.32 Å². The second-order valence-corrected chi connectivity index (χ2v) is 3.38. The van der Waals surface area contributed by atoms with Crippen LogP contribution >= 0.6 is 0 Å². The number of hydrogen-bond acceptors (Lipinski definition) is 1. The number of hydrogen-bond donors (Lipinski definition) is 1. The van der Waals surface area contributed by atoms with Crippen LogP contribution in [0.15, 0.2) is 24.3 Å². The molecule has 1 N–H and O–H groups in total. The third kappa shape index (κ3) is 1.97. The summed E-state index contributed by atoms with van der Waals surface area (Å²) in [5.41, 5.74) is 2.90. The summed E-state index contributed by atoms with van der Waals surface area (Å²) in [6, 6.07) is 9.06. The van der Waals surface area contributed by atoms with Gasteiger partial charge in [0.05, 0.1) is 6.54 Å². The third-order valence-corrected chi connectivity index (χ3v) is 2.58. The van der Waals surface area contributed by atoms with E-state index in [1.54, 1.807) is 0 Å². The number of benzene rings is 1. The van der Waals surface area contributed by atoms with Crippen molar-refractivity contribution in [2.24, 2.45) is 0 Å². The lowest BCUT2D eigenvalue weighted by atomic mass is 10.1. The van der Waals surface area contributed by atoms with Crippen LogP contribution in [0.5, 0.6) is 0 Å². The Morgan fingerprint density at radius 3 is 3.00 bits per heavy atom. The van der Waals surface area contributed by atoms with Gasteiger partial charge in [0.1, 0.15) is 0 Å². The van der Waals surface area contributed by atoms with E-state index in [2.05, 4.69) is 35.5 Å². The predicted molar refractivity (Wildman–Crippen MR) is 61.1 cm³/mol. The van der Waals surface area contributed by atoms with Crippen molar-refractivity contribution in [2.45, 2.75) is 26.3 Å². The zero-order valence-corrected chi connectivity index (χ0v) is 7.59. The van der Waals surface area contributed by atoms with Crippen LogP contribution in [0.25, 0.3) is 0 Å². The maximum absolute atomic E-state index is 5.21. The Balaban J connectivity index is 0.000000980. The highest BCUT2D eigenvalue weighted by molar-refractivity contribution is 5.34. The van der Waals surface area contributed by atoms with Gasteiger partial charge in [-0.15, -0.1) is 6.42 Å². The molecule has 1 aliphatic carbocycles. The van der Waals surface area contributed by atoms with E-state index in [4.69, 9.17) is 6.42 Å². The first kappa shape index (κ1) is 10.8. The van der Waals surface area contributed by atoms with Crippen LogP contribution in [-0.4, -0.2) is 6.54 Å². The average molecular weight is 187 g/mol. The summed E-state index contributed by atoms with van der Waals surface area (Å²) in [7, 11) is 0. The van der Waals surface area contributed by atoms with Gasteiger partial charge in [0.2, 0.25) is 0 Å². The van der Waals surface area contributed by atoms with Crippen molar-refractivity contribution in [3.05, 3.63) is 35.4 Å². The lowest BCUT2D eigenvalue weighted by Crippen LogP contribution is -2.19. The number of nitrogens with one attached hydrogen (secondary N) is 1. The highest BCUT2D eigenvalue weighted by atomic mass is 14.9. The topological polar surface area (TPSA) is 12.0 Å². The predicted octanol–water partition coefficient (Wildman–Crippen LogP) is 2.53. The summed E-state index contributed by atoms with van der Waals surface area (Å²) >= 11 is 0. The summed E-state index contributed by atoms with van der Waals surface area (Å²) in [5, 5.41) is 3.35. The molecule has 74 valence electrons. The standard InChI is InChI=1S/C12H13N.CH4/c1-2-9-13-12-8-7-10-5-3-4-6-11(10)12;/h1,3-6,12-13H,7-9H2;1H4/t12-;/m1./s1. The smallest absolute Gasteiger partial charge is 0.0578 e. The minimum Gasteiger partial charge on any atom is -0.299 e. The molecule has 0 fully saturated rings. The molecule has 0 radical (unpaired) electrons. The lowest BCUT2D eigenvalue weighted by molar-refractivity contribution is 0.568. The third-order valence-electron chi connectivity index (χ3n) is 2.58. The summed E-state index contributed by atoms with van der Waals surface area (Å²) in [6.45, 7) is 0.666. The molecule has 0 aromatic heterocycles. The maximum atomic E-state index is 5.21. The van der Waals surface area contributed by atoms with E-state index in [1.165, 1.54) is 24.0 Å². The molecule has 1 aromatic rings. The Morgan fingerprint density at radius 1 is 1.43 bits per heavy atom. The van der Waals surface area contributed by atoms with Gasteiger partial charge in [-0.05, 0) is 24.0 Å². The van der Waals surface area contributed by atoms with Crippen LogP contribution in [0.4, 0.5) is 0 Å². The minimum absolute atomic E-state index is 0. The Labute approximate surface area is 86.5 Å². The van der Waals surface area contributed by atoms with Crippen molar-refractivity contribution in [3.8, 4) is 12.3 Å². The molecule has 0 spiro atoms. The average Bonchev–Trinajstić information content (AvgIpc) is 2.58. The van der Waals surface area contributed by atoms with Gasteiger partial charge in [-0.25, -0.2) is 0 Å². The van der Waals surface area contributed by atoms with Crippen molar-refractivity contribution in [2.75, 3.05) is 6.54 Å². The molecule has 1 atom stereocenters. The molecule has 0 amide bonds. The Morgan fingerprint density at radius 2 is 2.21 bits per heavy atom. The fraction of sp³-hybridized carbons (Fsp3) is 0.385. The molecule has 1 aliphatic rings. The van der Waals surface area contributed by atoms with Crippen LogP contribution in [-0.2, 0) is 6.42 Å². The molecule has 1 heteroatoms. The van der Waals surface area contributed by atoms with Gasteiger partial charge in [-0.3, -0.25) is 5.32 Å². The van der Waals surface area contributed by atoms with Crippen molar-refractivity contribution >= 4 is 0 Å². The summed E-state index contributed by atoms with van der Waals surface area (Å²) < 4.78 is 0. The van der Waals surface area contributed by atoms with E-state index in [0.29, 0.717) is 12.6 Å². The normalized spacial score (nSPS) is 18.1. The fourth-order valence-corrected chi connectivity index (χ4v) is 1.95. The van der Waals surface area contributed by atoms with Crippen molar-refractivity contribution in [3.63, 3.8) is 0 Å². The van der Waals surface area contributed by atoms with E-state index < -0.39 is 0 Å². The van der Waals surface area contributed by atoms with E-state index in [-0.39, 0.29) is 7.43 Å². The second kappa shape index (κ2) is 4.83. The van der Waals surface area contributed by atoms with Gasteiger partial charge in [0, 0.05) is 6.04 Å². The number of rotatable bonds is 2. The van der Waals surface area contributed by atoms with Gasteiger partial charge in [-0.1, -0.05) is 37.6 Å². The Kier molecular flexibility index (Phi) is 3.73. The summed E-state index contributed by atoms with van der Waals surface area (Å²) in [6.07, 6.45) is 7.57.